The molecule has 0 saturated heterocycles. The Morgan fingerprint density at radius 2 is 2.17 bits per heavy atom. The largest absolute Gasteiger partial charge is 0.380 e. The first kappa shape index (κ1) is 9.68. The number of benzene rings is 1. The predicted molar refractivity (Wildman–Crippen MR) is 49.6 cm³/mol. The van der Waals surface area contributed by atoms with Crippen LogP contribution in [0.25, 0.3) is 0 Å². The Morgan fingerprint density at radius 1 is 1.50 bits per heavy atom. The Kier molecular flexibility index (Phi) is 3.23. The highest BCUT2D eigenvalue weighted by atomic mass is 79.9. The summed E-state index contributed by atoms with van der Waals surface area (Å²) < 4.78 is 19.0. The molecule has 0 N–H and O–H groups in total. The van der Waals surface area contributed by atoms with E-state index >= 15 is 0 Å². The van der Waals surface area contributed by atoms with Crippen molar-refractivity contribution in [3.05, 3.63) is 33.5 Å². The third-order valence-corrected chi connectivity index (χ3v) is 2.41. The fraction of sp³-hybridized carbons (Fsp3) is 0.333. The first-order chi connectivity index (χ1) is 5.66. The van der Waals surface area contributed by atoms with E-state index in [2.05, 4.69) is 15.9 Å². The van der Waals surface area contributed by atoms with Crippen LogP contribution in [0.2, 0.25) is 0 Å². The molecule has 3 heteroatoms. The molecule has 0 aliphatic carbocycles. The summed E-state index contributed by atoms with van der Waals surface area (Å²) >= 11 is 3.26. The fourth-order valence-electron chi connectivity index (χ4n) is 0.991. The molecule has 0 spiro atoms. The maximum Gasteiger partial charge on any atom is 0.132 e. The Balaban J connectivity index is 3.14. The number of halogens is 2. The van der Waals surface area contributed by atoms with Crippen molar-refractivity contribution in [2.75, 3.05) is 7.11 Å². The van der Waals surface area contributed by atoms with Gasteiger partial charge in [0.15, 0.2) is 0 Å². The SMILES string of the molecule is COCc1c(Br)ccc(C)c1F. The second-order valence-electron chi connectivity index (χ2n) is 2.59. The fourth-order valence-corrected chi connectivity index (χ4v) is 1.41. The van der Waals surface area contributed by atoms with Gasteiger partial charge in [0.25, 0.3) is 0 Å². The lowest BCUT2D eigenvalue weighted by molar-refractivity contribution is 0.180. The van der Waals surface area contributed by atoms with Crippen LogP contribution in [0.3, 0.4) is 0 Å². The van der Waals surface area contributed by atoms with Crippen molar-refractivity contribution < 1.29 is 9.13 Å². The molecule has 0 amide bonds. The zero-order chi connectivity index (χ0) is 9.14. The van der Waals surface area contributed by atoms with Gasteiger partial charge in [0, 0.05) is 17.1 Å². The standard InChI is InChI=1S/C9H10BrFO/c1-6-3-4-8(10)7(5-12-2)9(6)11/h3-4H,5H2,1-2H3. The van der Waals surface area contributed by atoms with Crippen LogP contribution in [0.5, 0.6) is 0 Å². The van der Waals surface area contributed by atoms with E-state index in [1.54, 1.807) is 20.1 Å². The number of rotatable bonds is 2. The Morgan fingerprint density at radius 3 is 2.75 bits per heavy atom. The average molecular weight is 233 g/mol. The minimum atomic E-state index is -0.189. The maximum atomic E-state index is 13.3. The van der Waals surface area contributed by atoms with Crippen LogP contribution in [-0.4, -0.2) is 7.11 Å². The summed E-state index contributed by atoms with van der Waals surface area (Å²) in [5.74, 6) is -0.189. The normalized spacial score (nSPS) is 10.3. The average Bonchev–Trinajstić information content (AvgIpc) is 2.06. The summed E-state index contributed by atoms with van der Waals surface area (Å²) in [6.07, 6.45) is 0. The van der Waals surface area contributed by atoms with E-state index in [1.165, 1.54) is 0 Å². The van der Waals surface area contributed by atoms with Gasteiger partial charge in [-0.3, -0.25) is 0 Å². The zero-order valence-electron chi connectivity index (χ0n) is 7.03. The highest BCUT2D eigenvalue weighted by Crippen LogP contribution is 2.22. The van der Waals surface area contributed by atoms with Gasteiger partial charge in [0.2, 0.25) is 0 Å². The number of methoxy groups -OCH3 is 1. The molecular formula is C9H10BrFO. The van der Waals surface area contributed by atoms with Gasteiger partial charge in [-0.2, -0.15) is 0 Å². The molecule has 0 bridgehead atoms. The molecule has 1 rings (SSSR count). The monoisotopic (exact) mass is 232 g/mol. The molecule has 0 fully saturated rings. The number of ether oxygens (including phenoxy) is 1. The van der Waals surface area contributed by atoms with Crippen molar-refractivity contribution in [2.24, 2.45) is 0 Å². The van der Waals surface area contributed by atoms with Gasteiger partial charge in [-0.15, -0.1) is 0 Å². The smallest absolute Gasteiger partial charge is 0.132 e. The van der Waals surface area contributed by atoms with Crippen LogP contribution in [0, 0.1) is 12.7 Å². The van der Waals surface area contributed by atoms with Crippen LogP contribution in [-0.2, 0) is 11.3 Å². The maximum absolute atomic E-state index is 13.3. The van der Waals surface area contributed by atoms with Gasteiger partial charge < -0.3 is 4.74 Å². The molecule has 0 saturated carbocycles. The van der Waals surface area contributed by atoms with Gasteiger partial charge in [-0.25, -0.2) is 4.39 Å². The Labute approximate surface area is 79.7 Å². The second kappa shape index (κ2) is 4.01. The lowest BCUT2D eigenvalue weighted by Crippen LogP contribution is -1.96. The molecule has 12 heavy (non-hydrogen) atoms. The van der Waals surface area contributed by atoms with Crippen molar-refractivity contribution in [3.63, 3.8) is 0 Å². The van der Waals surface area contributed by atoms with Crippen LogP contribution >= 0.6 is 15.9 Å². The summed E-state index contributed by atoms with van der Waals surface area (Å²) in [5, 5.41) is 0. The van der Waals surface area contributed by atoms with Crippen LogP contribution in [0.15, 0.2) is 16.6 Å². The van der Waals surface area contributed by atoms with E-state index in [1.807, 2.05) is 6.07 Å². The van der Waals surface area contributed by atoms with Gasteiger partial charge in [0.05, 0.1) is 6.61 Å². The Hall–Kier alpha value is -0.410. The second-order valence-corrected chi connectivity index (χ2v) is 3.44. The molecule has 0 heterocycles. The molecule has 0 atom stereocenters. The molecular weight excluding hydrogens is 223 g/mol. The van der Waals surface area contributed by atoms with Gasteiger partial charge in [-0.1, -0.05) is 22.0 Å². The van der Waals surface area contributed by atoms with E-state index in [-0.39, 0.29) is 5.82 Å². The first-order valence-corrected chi connectivity index (χ1v) is 4.38. The van der Waals surface area contributed by atoms with Gasteiger partial charge in [0.1, 0.15) is 5.82 Å². The van der Waals surface area contributed by atoms with E-state index in [0.29, 0.717) is 17.7 Å². The summed E-state index contributed by atoms with van der Waals surface area (Å²) in [6, 6.07) is 3.56. The van der Waals surface area contributed by atoms with Crippen LogP contribution in [0.1, 0.15) is 11.1 Å². The molecule has 0 unspecified atom stereocenters. The van der Waals surface area contributed by atoms with E-state index in [0.717, 1.165) is 4.47 Å². The van der Waals surface area contributed by atoms with Crippen molar-refractivity contribution in [1.29, 1.82) is 0 Å². The van der Waals surface area contributed by atoms with E-state index in [4.69, 9.17) is 4.74 Å². The Bertz CT molecular complexity index is 286. The first-order valence-electron chi connectivity index (χ1n) is 3.59. The van der Waals surface area contributed by atoms with Crippen LogP contribution < -0.4 is 0 Å². The van der Waals surface area contributed by atoms with Crippen LogP contribution in [0.4, 0.5) is 4.39 Å². The van der Waals surface area contributed by atoms with Crippen molar-refractivity contribution in [1.82, 2.24) is 0 Å². The number of aryl methyl sites for hydroxylation is 1. The highest BCUT2D eigenvalue weighted by Gasteiger charge is 2.08. The summed E-state index contributed by atoms with van der Waals surface area (Å²) in [6.45, 7) is 2.04. The van der Waals surface area contributed by atoms with E-state index in [9.17, 15) is 4.39 Å². The molecule has 0 aliphatic heterocycles. The van der Waals surface area contributed by atoms with Gasteiger partial charge in [-0.05, 0) is 18.6 Å². The van der Waals surface area contributed by atoms with E-state index < -0.39 is 0 Å². The molecule has 1 nitrogen and oxygen atoms in total. The molecule has 0 aromatic heterocycles. The minimum absolute atomic E-state index is 0.189. The lowest BCUT2D eigenvalue weighted by atomic mass is 10.1. The summed E-state index contributed by atoms with van der Waals surface area (Å²) in [5.41, 5.74) is 1.22. The molecule has 0 aliphatic rings. The quantitative estimate of drug-likeness (QED) is 0.762. The molecule has 66 valence electrons. The van der Waals surface area contributed by atoms with Crippen molar-refractivity contribution in [3.8, 4) is 0 Å². The molecule has 1 aromatic carbocycles. The third-order valence-electron chi connectivity index (χ3n) is 1.67. The predicted octanol–water partition coefficient (Wildman–Crippen LogP) is 3.04. The highest BCUT2D eigenvalue weighted by molar-refractivity contribution is 9.10. The minimum Gasteiger partial charge on any atom is -0.380 e. The molecule has 1 aromatic rings. The molecule has 0 radical (unpaired) electrons. The summed E-state index contributed by atoms with van der Waals surface area (Å²) in [4.78, 5) is 0. The number of hydrogen-bond donors (Lipinski definition) is 0. The van der Waals surface area contributed by atoms with Crippen molar-refractivity contribution in [2.45, 2.75) is 13.5 Å². The van der Waals surface area contributed by atoms with Crippen molar-refractivity contribution >= 4 is 15.9 Å². The third kappa shape index (κ3) is 1.84. The zero-order valence-corrected chi connectivity index (χ0v) is 8.61. The topological polar surface area (TPSA) is 9.23 Å². The van der Waals surface area contributed by atoms with Gasteiger partial charge >= 0.3 is 0 Å². The number of hydrogen-bond acceptors (Lipinski definition) is 1. The lowest BCUT2D eigenvalue weighted by Gasteiger charge is -2.06. The summed E-state index contributed by atoms with van der Waals surface area (Å²) in [7, 11) is 1.55.